The molecule has 0 saturated carbocycles. The Morgan fingerprint density at radius 3 is 2.65 bits per heavy atom. The zero-order chi connectivity index (χ0) is 16.2. The molecule has 2 nitrogen and oxygen atoms in total. The van der Waals surface area contributed by atoms with Gasteiger partial charge in [0.15, 0.2) is 0 Å². The van der Waals surface area contributed by atoms with Crippen LogP contribution in [0.25, 0.3) is 10.1 Å². The summed E-state index contributed by atoms with van der Waals surface area (Å²) < 4.78 is 2.21. The van der Waals surface area contributed by atoms with Gasteiger partial charge in [0.25, 0.3) is 0 Å². The number of halogens is 2. The number of thioether (sulfide) groups is 1. The normalized spacial score (nSPS) is 10.7. The number of aromatic nitrogens is 1. The molecule has 0 N–H and O–H groups in total. The number of hydrogen-bond acceptors (Lipinski definition) is 3. The molecule has 0 fully saturated rings. The summed E-state index contributed by atoms with van der Waals surface area (Å²) in [5, 5.41) is -0.420. The van der Waals surface area contributed by atoms with Crippen molar-refractivity contribution in [2.75, 3.05) is 0 Å². The van der Waals surface area contributed by atoms with Crippen molar-refractivity contribution in [3.8, 4) is 10.1 Å². The maximum absolute atomic E-state index is 11.4. The molecule has 0 atom stereocenters. The fourth-order valence-corrected chi connectivity index (χ4v) is 5.40. The van der Waals surface area contributed by atoms with Gasteiger partial charge in [0.05, 0.1) is 0 Å². The van der Waals surface area contributed by atoms with Gasteiger partial charge in [-0.25, -0.2) is 0 Å². The Labute approximate surface area is 158 Å². The topological polar surface area (TPSA) is 30.0 Å². The quantitative estimate of drug-likeness (QED) is 0.290. The first-order valence-corrected chi connectivity index (χ1v) is 10.8. The Bertz CT molecular complexity index is 835. The molecule has 0 aliphatic heterocycles. The third-order valence-corrected chi connectivity index (χ3v) is 6.93. The predicted molar refractivity (Wildman–Crippen MR) is 100 cm³/mol. The van der Waals surface area contributed by atoms with Crippen LogP contribution in [0.3, 0.4) is 0 Å². The van der Waals surface area contributed by atoms with Crippen molar-refractivity contribution in [1.82, 2.24) is 4.98 Å². The molecule has 3 aromatic rings. The Kier molecular flexibility index (Phi) is 5.78. The zero-order valence-electron chi connectivity index (χ0n) is 11.8. The molecule has 0 bridgehead atoms. The molecule has 0 spiro atoms. The van der Waals surface area contributed by atoms with Crippen LogP contribution in [0.15, 0.2) is 62.8 Å². The van der Waals surface area contributed by atoms with E-state index in [2.05, 4.69) is 33.0 Å². The molecule has 1 heterocycles. The first-order chi connectivity index (χ1) is 11.1. The van der Waals surface area contributed by atoms with Crippen LogP contribution >= 0.6 is 39.3 Å². The summed E-state index contributed by atoms with van der Waals surface area (Å²) in [6, 6.07) is 15.6. The van der Waals surface area contributed by atoms with Gasteiger partial charge in [-0.15, -0.1) is 0 Å². The molecule has 0 amide bonds. The Morgan fingerprint density at radius 2 is 1.91 bits per heavy atom. The fourth-order valence-electron chi connectivity index (χ4n) is 2.00. The molecule has 0 aliphatic rings. The summed E-state index contributed by atoms with van der Waals surface area (Å²) in [4.78, 5) is 19.3. The van der Waals surface area contributed by atoms with Crippen molar-refractivity contribution >= 4 is 59.0 Å². The molecule has 1 aromatic heterocycles. The Morgan fingerprint density at radius 1 is 1.17 bits per heavy atom. The van der Waals surface area contributed by atoms with Crippen LogP contribution in [0.1, 0.15) is 16.1 Å². The van der Waals surface area contributed by atoms with E-state index in [-0.39, 0.29) is 14.5 Å². The van der Waals surface area contributed by atoms with Gasteiger partial charge in [-0.05, 0) is 0 Å². The molecular weight excluding hydrogens is 461 g/mol. The van der Waals surface area contributed by atoms with Crippen LogP contribution in [-0.2, 0) is 5.75 Å². The van der Waals surface area contributed by atoms with Crippen molar-refractivity contribution in [2.45, 2.75) is 10.6 Å². The molecule has 116 valence electrons. The van der Waals surface area contributed by atoms with Crippen LogP contribution in [0.4, 0.5) is 0 Å². The summed E-state index contributed by atoms with van der Waals surface area (Å²) in [7, 11) is 0. The fraction of sp³-hybridized carbons (Fsp3) is 0.0588. The van der Waals surface area contributed by atoms with Gasteiger partial charge in [-0.2, -0.15) is 0 Å². The van der Waals surface area contributed by atoms with Crippen molar-refractivity contribution in [3.63, 3.8) is 0 Å². The summed E-state index contributed by atoms with van der Waals surface area (Å²) in [6.45, 7) is 0. The molecule has 3 rings (SSSR count). The molecule has 2 aromatic carbocycles. The van der Waals surface area contributed by atoms with Crippen molar-refractivity contribution < 1.29 is 4.79 Å². The number of nitrogens with zero attached hydrogens (tertiary/aromatic N) is 1. The van der Waals surface area contributed by atoms with Crippen molar-refractivity contribution in [3.05, 3.63) is 69.2 Å². The SMILES string of the molecule is O=C(Cl)c1ccccc1SCc1c[se]c(-c2ccc(Br)cc2)n1. The monoisotopic (exact) mass is 471 g/mol. The van der Waals surface area contributed by atoms with E-state index in [0.29, 0.717) is 5.56 Å². The average molecular weight is 472 g/mol. The first-order valence-electron chi connectivity index (χ1n) is 6.75. The van der Waals surface area contributed by atoms with Gasteiger partial charge in [-0.1, -0.05) is 0 Å². The number of rotatable bonds is 5. The van der Waals surface area contributed by atoms with E-state index < -0.39 is 5.24 Å². The maximum atomic E-state index is 11.4. The third kappa shape index (κ3) is 4.37. The third-order valence-electron chi connectivity index (χ3n) is 3.12. The Hall–Kier alpha value is -0.841. The van der Waals surface area contributed by atoms with E-state index in [1.165, 1.54) is 5.56 Å². The van der Waals surface area contributed by atoms with E-state index >= 15 is 0 Å². The van der Waals surface area contributed by atoms with Gasteiger partial charge in [0, 0.05) is 0 Å². The summed E-state index contributed by atoms with van der Waals surface area (Å²) >= 11 is 10.9. The van der Waals surface area contributed by atoms with Gasteiger partial charge in [0.1, 0.15) is 0 Å². The van der Waals surface area contributed by atoms with E-state index in [1.54, 1.807) is 17.8 Å². The zero-order valence-corrected chi connectivity index (χ0v) is 16.7. The number of hydrogen-bond donors (Lipinski definition) is 0. The second kappa shape index (κ2) is 7.82. The summed E-state index contributed by atoms with van der Waals surface area (Å²) in [5.41, 5.74) is 2.78. The molecule has 0 saturated heterocycles. The summed E-state index contributed by atoms with van der Waals surface area (Å²) in [5.74, 6) is 0.739. The van der Waals surface area contributed by atoms with Crippen molar-refractivity contribution in [2.24, 2.45) is 0 Å². The predicted octanol–water partition coefficient (Wildman–Crippen LogP) is 5.24. The van der Waals surface area contributed by atoms with E-state index in [0.717, 1.165) is 25.4 Å². The van der Waals surface area contributed by atoms with Gasteiger partial charge in [-0.3, -0.25) is 0 Å². The summed E-state index contributed by atoms with van der Waals surface area (Å²) in [6.07, 6.45) is 0. The molecular formula is C17H11BrClNOSSe. The van der Waals surface area contributed by atoms with E-state index in [4.69, 9.17) is 16.6 Å². The van der Waals surface area contributed by atoms with Crippen LogP contribution in [0.5, 0.6) is 0 Å². The molecule has 0 radical (unpaired) electrons. The van der Waals surface area contributed by atoms with E-state index in [9.17, 15) is 4.79 Å². The molecule has 6 heteroatoms. The van der Waals surface area contributed by atoms with Crippen LogP contribution < -0.4 is 0 Å². The van der Waals surface area contributed by atoms with Crippen LogP contribution in [0, 0.1) is 0 Å². The van der Waals surface area contributed by atoms with Crippen molar-refractivity contribution in [1.29, 1.82) is 0 Å². The number of carbonyl (C=O) groups is 1. The van der Waals surface area contributed by atoms with E-state index in [1.807, 2.05) is 30.3 Å². The van der Waals surface area contributed by atoms with Crippen LogP contribution in [0.2, 0.25) is 0 Å². The minimum absolute atomic E-state index is 0.256. The minimum atomic E-state index is -0.420. The second-order valence-corrected chi connectivity index (χ2v) is 8.79. The number of carbonyl (C=O) groups excluding carboxylic acids is 1. The van der Waals surface area contributed by atoms with Crippen LogP contribution in [-0.4, -0.2) is 24.7 Å². The standard InChI is InChI=1S/C17H11BrClNOSSe/c18-12-7-5-11(6-8-12)17-20-13(10-23-17)9-22-15-4-2-1-3-14(15)16(19)21/h1-8,10H,9H2. The average Bonchev–Trinajstić information content (AvgIpc) is 3.03. The number of benzene rings is 2. The molecule has 0 aliphatic carbocycles. The second-order valence-electron chi connectivity index (χ2n) is 4.71. The van der Waals surface area contributed by atoms with Gasteiger partial charge < -0.3 is 0 Å². The van der Waals surface area contributed by atoms with Gasteiger partial charge >= 0.3 is 159 Å². The molecule has 23 heavy (non-hydrogen) atoms. The van der Waals surface area contributed by atoms with Gasteiger partial charge in [0.2, 0.25) is 0 Å². The first kappa shape index (κ1) is 17.0. The Balaban J connectivity index is 1.73. The molecule has 0 unspecified atom stereocenters.